The Balaban J connectivity index is 1.52. The second kappa shape index (κ2) is 9.03. The number of imide groups is 1. The Morgan fingerprint density at radius 2 is 1.75 bits per heavy atom. The third-order valence-electron chi connectivity index (χ3n) is 4.60. The molecule has 0 radical (unpaired) electrons. The van der Waals surface area contributed by atoms with Crippen molar-refractivity contribution in [2.45, 2.75) is 31.8 Å². The number of nitrogens with one attached hydrogen (secondary N) is 2. The lowest BCUT2D eigenvalue weighted by Gasteiger charge is -2.38. The molecule has 146 valence electrons. The highest BCUT2D eigenvalue weighted by Gasteiger charge is 2.42. The fraction of sp³-hybridized carbons (Fsp3) is 0.286. The number of hydrogen-bond acceptors (Lipinski definition) is 4. The van der Waals surface area contributed by atoms with Crippen LogP contribution >= 0.6 is 0 Å². The van der Waals surface area contributed by atoms with Gasteiger partial charge in [-0.25, -0.2) is 9.59 Å². The van der Waals surface area contributed by atoms with E-state index in [1.165, 1.54) is 0 Å². The second-order valence-electron chi connectivity index (χ2n) is 6.53. The smallest absolute Gasteiger partial charge is 0.411 e. The van der Waals surface area contributed by atoms with E-state index in [0.717, 1.165) is 10.5 Å². The van der Waals surface area contributed by atoms with E-state index in [2.05, 4.69) is 10.6 Å². The fourth-order valence-corrected chi connectivity index (χ4v) is 3.07. The Kier molecular flexibility index (Phi) is 6.26. The number of nitrogens with zero attached hydrogens (tertiary/aromatic N) is 1. The lowest BCUT2D eigenvalue weighted by atomic mass is 10.0. The van der Waals surface area contributed by atoms with Gasteiger partial charge in [-0.1, -0.05) is 55.5 Å². The molecule has 1 heterocycles. The summed E-state index contributed by atoms with van der Waals surface area (Å²) in [7, 11) is 0. The molecule has 7 heteroatoms. The zero-order chi connectivity index (χ0) is 19.9. The molecule has 1 aliphatic rings. The zero-order valence-electron chi connectivity index (χ0n) is 15.6. The molecule has 0 bridgehead atoms. The van der Waals surface area contributed by atoms with Crippen molar-refractivity contribution in [2.75, 3.05) is 11.9 Å². The first-order chi connectivity index (χ1) is 13.6. The van der Waals surface area contributed by atoms with Crippen molar-refractivity contribution in [1.29, 1.82) is 0 Å². The maximum Gasteiger partial charge on any atom is 0.411 e. The Morgan fingerprint density at radius 1 is 1.11 bits per heavy atom. The van der Waals surface area contributed by atoms with Crippen molar-refractivity contribution >= 4 is 23.7 Å². The van der Waals surface area contributed by atoms with Gasteiger partial charge in [-0.2, -0.15) is 0 Å². The summed E-state index contributed by atoms with van der Waals surface area (Å²) < 4.78 is 5.17. The van der Waals surface area contributed by atoms with Crippen molar-refractivity contribution in [3.8, 4) is 0 Å². The van der Waals surface area contributed by atoms with Crippen LogP contribution in [0.1, 0.15) is 31.4 Å². The number of hydrogen-bond donors (Lipinski definition) is 2. The Bertz CT molecular complexity index is 826. The van der Waals surface area contributed by atoms with Crippen molar-refractivity contribution < 1.29 is 19.1 Å². The van der Waals surface area contributed by atoms with Crippen LogP contribution in [0.25, 0.3) is 0 Å². The molecule has 1 unspecified atom stereocenters. The molecule has 2 aromatic rings. The van der Waals surface area contributed by atoms with E-state index >= 15 is 0 Å². The Morgan fingerprint density at radius 3 is 2.36 bits per heavy atom. The van der Waals surface area contributed by atoms with Gasteiger partial charge in [0.2, 0.25) is 5.91 Å². The van der Waals surface area contributed by atoms with Crippen LogP contribution in [0, 0.1) is 0 Å². The Labute approximate surface area is 163 Å². The van der Waals surface area contributed by atoms with E-state index in [1.54, 1.807) is 24.3 Å². The number of urea groups is 1. The molecule has 2 aromatic carbocycles. The second-order valence-corrected chi connectivity index (χ2v) is 6.53. The van der Waals surface area contributed by atoms with Gasteiger partial charge in [-0.3, -0.25) is 15.0 Å². The SMILES string of the molecule is CC[C@@H](NC(=O)N1C(=O)CC1COC(=O)Nc1ccccc1)c1ccccc1. The molecular formula is C21H23N3O4. The topological polar surface area (TPSA) is 87.7 Å². The van der Waals surface area contributed by atoms with E-state index < -0.39 is 18.2 Å². The average Bonchev–Trinajstić information content (AvgIpc) is 2.70. The quantitative estimate of drug-likeness (QED) is 0.747. The molecular weight excluding hydrogens is 358 g/mol. The summed E-state index contributed by atoms with van der Waals surface area (Å²) in [6.07, 6.45) is 0.244. The van der Waals surface area contributed by atoms with Crippen LogP contribution in [0.5, 0.6) is 0 Å². The summed E-state index contributed by atoms with van der Waals surface area (Å²) in [5.41, 5.74) is 1.58. The first kappa shape index (κ1) is 19.4. The van der Waals surface area contributed by atoms with Crippen molar-refractivity contribution in [3.63, 3.8) is 0 Å². The van der Waals surface area contributed by atoms with E-state index in [-0.39, 0.29) is 25.0 Å². The normalized spacial score (nSPS) is 16.7. The van der Waals surface area contributed by atoms with E-state index in [4.69, 9.17) is 4.74 Å². The van der Waals surface area contributed by atoms with Crippen LogP contribution in [0.15, 0.2) is 60.7 Å². The summed E-state index contributed by atoms with van der Waals surface area (Å²) in [5, 5.41) is 5.48. The number of anilines is 1. The summed E-state index contributed by atoms with van der Waals surface area (Å²) in [6, 6.07) is 17.4. The molecule has 2 atom stereocenters. The zero-order valence-corrected chi connectivity index (χ0v) is 15.6. The van der Waals surface area contributed by atoms with Gasteiger partial charge in [0.1, 0.15) is 6.61 Å². The third kappa shape index (κ3) is 4.68. The summed E-state index contributed by atoms with van der Waals surface area (Å²) >= 11 is 0. The number of likely N-dealkylation sites (tertiary alicyclic amines) is 1. The minimum atomic E-state index is -0.623. The molecule has 1 aliphatic heterocycles. The monoisotopic (exact) mass is 381 g/mol. The highest BCUT2D eigenvalue weighted by molar-refractivity contribution is 6.00. The van der Waals surface area contributed by atoms with Gasteiger partial charge in [-0.05, 0) is 24.1 Å². The first-order valence-electron chi connectivity index (χ1n) is 9.24. The van der Waals surface area contributed by atoms with Gasteiger partial charge in [0.15, 0.2) is 0 Å². The Hall–Kier alpha value is -3.35. The number of rotatable bonds is 6. The molecule has 3 rings (SSSR count). The largest absolute Gasteiger partial charge is 0.447 e. The predicted octanol–water partition coefficient (Wildman–Crippen LogP) is 3.70. The maximum absolute atomic E-state index is 12.6. The summed E-state index contributed by atoms with van der Waals surface area (Å²) in [4.78, 5) is 37.5. The van der Waals surface area contributed by atoms with Crippen molar-refractivity contribution in [3.05, 3.63) is 66.2 Å². The molecule has 28 heavy (non-hydrogen) atoms. The number of para-hydroxylation sites is 1. The van der Waals surface area contributed by atoms with Gasteiger partial charge in [0, 0.05) is 5.69 Å². The number of carbonyl (C=O) groups is 3. The van der Waals surface area contributed by atoms with Crippen LogP contribution < -0.4 is 10.6 Å². The van der Waals surface area contributed by atoms with Gasteiger partial charge in [0.05, 0.1) is 18.5 Å². The molecule has 4 amide bonds. The van der Waals surface area contributed by atoms with Crippen molar-refractivity contribution in [1.82, 2.24) is 10.2 Å². The molecule has 0 aliphatic carbocycles. The molecule has 1 saturated heterocycles. The van der Waals surface area contributed by atoms with E-state index in [0.29, 0.717) is 12.1 Å². The first-order valence-corrected chi connectivity index (χ1v) is 9.24. The predicted molar refractivity (Wildman–Crippen MR) is 105 cm³/mol. The van der Waals surface area contributed by atoms with Gasteiger partial charge >= 0.3 is 12.1 Å². The van der Waals surface area contributed by atoms with Crippen LogP contribution in [0.3, 0.4) is 0 Å². The highest BCUT2D eigenvalue weighted by Crippen LogP contribution is 2.22. The summed E-state index contributed by atoms with van der Waals surface area (Å²) in [5.74, 6) is -0.280. The fourth-order valence-electron chi connectivity index (χ4n) is 3.07. The molecule has 1 fully saturated rings. The number of carbonyl (C=O) groups excluding carboxylic acids is 3. The number of benzene rings is 2. The van der Waals surface area contributed by atoms with Gasteiger partial charge in [-0.15, -0.1) is 0 Å². The minimum absolute atomic E-state index is 0.0417. The maximum atomic E-state index is 12.6. The summed E-state index contributed by atoms with van der Waals surface area (Å²) in [6.45, 7) is 1.92. The lowest BCUT2D eigenvalue weighted by molar-refractivity contribution is -0.142. The van der Waals surface area contributed by atoms with Crippen LogP contribution in [-0.4, -0.2) is 35.6 Å². The van der Waals surface area contributed by atoms with E-state index in [9.17, 15) is 14.4 Å². The van der Waals surface area contributed by atoms with E-state index in [1.807, 2.05) is 43.3 Å². The minimum Gasteiger partial charge on any atom is -0.447 e. The van der Waals surface area contributed by atoms with Crippen LogP contribution in [0.2, 0.25) is 0 Å². The molecule has 0 aromatic heterocycles. The third-order valence-corrected chi connectivity index (χ3v) is 4.60. The average molecular weight is 381 g/mol. The van der Waals surface area contributed by atoms with Crippen LogP contribution in [0.4, 0.5) is 15.3 Å². The molecule has 7 nitrogen and oxygen atoms in total. The molecule has 0 spiro atoms. The van der Waals surface area contributed by atoms with Gasteiger partial charge in [0.25, 0.3) is 0 Å². The number of ether oxygens (including phenoxy) is 1. The van der Waals surface area contributed by atoms with Gasteiger partial charge < -0.3 is 10.1 Å². The molecule has 0 saturated carbocycles. The lowest BCUT2D eigenvalue weighted by Crippen LogP contribution is -2.60. The number of β-lactam (4-membered cyclic amide) rings is 1. The standard InChI is InChI=1S/C21H23N3O4/c1-2-18(15-9-5-3-6-10-15)23-20(26)24-17(13-19(24)25)14-28-21(27)22-16-11-7-4-8-12-16/h3-12,17-18H,2,13-14H2,1H3,(H,22,27)(H,23,26)/t17?,18-/m1/s1. The number of amides is 4. The van der Waals surface area contributed by atoms with Crippen LogP contribution in [-0.2, 0) is 9.53 Å². The molecule has 2 N–H and O–H groups in total. The highest BCUT2D eigenvalue weighted by atomic mass is 16.5. The van der Waals surface area contributed by atoms with Crippen molar-refractivity contribution in [2.24, 2.45) is 0 Å².